The van der Waals surface area contributed by atoms with Gasteiger partial charge in [-0.05, 0) is 15.9 Å². The van der Waals surface area contributed by atoms with Crippen LogP contribution in [0.3, 0.4) is 0 Å². The molecule has 0 saturated carbocycles. The Labute approximate surface area is 81.7 Å². The summed E-state index contributed by atoms with van der Waals surface area (Å²) in [5, 5.41) is 26.6. The van der Waals surface area contributed by atoms with Crippen LogP contribution in [0.4, 0.5) is 4.39 Å². The predicted octanol–water partition coefficient (Wildman–Crippen LogP) is 1.48. The first-order valence-electron chi connectivity index (χ1n) is 3.33. The lowest BCUT2D eigenvalue weighted by Gasteiger charge is -2.07. The summed E-state index contributed by atoms with van der Waals surface area (Å²) in [7, 11) is 0. The molecule has 0 unspecified atom stereocenters. The summed E-state index contributed by atoms with van der Waals surface area (Å²) in [5.41, 5.74) is 1.49. The third-order valence-electron chi connectivity index (χ3n) is 1.52. The molecule has 1 rings (SSSR count). The van der Waals surface area contributed by atoms with Crippen LogP contribution in [0.15, 0.2) is 10.5 Å². The van der Waals surface area contributed by atoms with Crippen LogP contribution in [0.1, 0.15) is 5.56 Å². The van der Waals surface area contributed by atoms with E-state index >= 15 is 0 Å². The van der Waals surface area contributed by atoms with Crippen molar-refractivity contribution in [1.29, 1.82) is 0 Å². The first-order chi connectivity index (χ1) is 6.07. The first kappa shape index (κ1) is 10.2. The number of halogens is 2. The van der Waals surface area contributed by atoms with Crippen molar-refractivity contribution in [3.63, 3.8) is 0 Å². The number of aromatic hydroxyl groups is 2. The van der Waals surface area contributed by atoms with Crippen molar-refractivity contribution in [2.24, 2.45) is 0 Å². The number of phenols is 2. The molecule has 0 amide bonds. The normalized spacial score (nSPS) is 10.4. The number of benzene rings is 1. The highest BCUT2D eigenvalue weighted by Crippen LogP contribution is 2.35. The molecule has 13 heavy (non-hydrogen) atoms. The van der Waals surface area contributed by atoms with Gasteiger partial charge in [0, 0.05) is 6.07 Å². The molecule has 4 N–H and O–H groups in total. The van der Waals surface area contributed by atoms with Crippen LogP contribution in [0.2, 0.25) is 0 Å². The van der Waals surface area contributed by atoms with Gasteiger partial charge in [0.2, 0.25) is 0 Å². The monoisotopic (exact) mass is 251 g/mol. The molecular weight excluding hydrogens is 245 g/mol. The second-order valence-electron chi connectivity index (χ2n) is 2.35. The minimum Gasteiger partial charge on any atom is -0.504 e. The van der Waals surface area contributed by atoms with E-state index in [9.17, 15) is 9.50 Å². The summed E-state index contributed by atoms with van der Waals surface area (Å²) in [6.45, 7) is -0.287. The van der Waals surface area contributed by atoms with Gasteiger partial charge < -0.3 is 15.4 Å². The van der Waals surface area contributed by atoms with Gasteiger partial charge in [-0.25, -0.2) is 9.87 Å². The highest BCUT2D eigenvalue weighted by molar-refractivity contribution is 9.10. The van der Waals surface area contributed by atoms with Crippen molar-refractivity contribution >= 4 is 15.9 Å². The molecular formula is C7H7BrFNO3. The second kappa shape index (κ2) is 3.91. The Morgan fingerprint density at radius 1 is 1.46 bits per heavy atom. The van der Waals surface area contributed by atoms with Gasteiger partial charge in [-0.2, -0.15) is 0 Å². The number of phenolic OH excluding ortho intramolecular Hbond substituents is 2. The Morgan fingerprint density at radius 2 is 2.08 bits per heavy atom. The van der Waals surface area contributed by atoms with E-state index in [-0.39, 0.29) is 16.6 Å². The Morgan fingerprint density at radius 3 is 2.62 bits per heavy atom. The summed E-state index contributed by atoms with van der Waals surface area (Å²) in [6, 6.07) is 1.03. The molecule has 1 aromatic rings. The third-order valence-corrected chi connectivity index (χ3v) is 2.10. The van der Waals surface area contributed by atoms with Crippen LogP contribution in [-0.4, -0.2) is 15.4 Å². The Hall–Kier alpha value is -0.850. The van der Waals surface area contributed by atoms with Crippen molar-refractivity contribution in [2.75, 3.05) is 0 Å². The molecule has 0 radical (unpaired) electrons. The van der Waals surface area contributed by atoms with Gasteiger partial charge in [0.25, 0.3) is 0 Å². The van der Waals surface area contributed by atoms with Crippen molar-refractivity contribution in [1.82, 2.24) is 5.48 Å². The number of hydrogen-bond acceptors (Lipinski definition) is 4. The fraction of sp³-hybridized carbons (Fsp3) is 0.143. The van der Waals surface area contributed by atoms with Gasteiger partial charge in [-0.3, -0.25) is 0 Å². The van der Waals surface area contributed by atoms with E-state index in [1.807, 2.05) is 0 Å². The maximum absolute atomic E-state index is 13.2. The summed E-state index contributed by atoms with van der Waals surface area (Å²) in [5.74, 6) is -1.75. The summed E-state index contributed by atoms with van der Waals surface area (Å²) < 4.78 is 13.2. The maximum atomic E-state index is 13.2. The fourth-order valence-corrected chi connectivity index (χ4v) is 1.35. The predicted molar refractivity (Wildman–Crippen MR) is 46.1 cm³/mol. The SMILES string of the molecule is ONCc1c(O)c(O)cc(Br)c1F. The van der Waals surface area contributed by atoms with Crippen LogP contribution >= 0.6 is 15.9 Å². The minimum atomic E-state index is -0.725. The molecule has 4 nitrogen and oxygen atoms in total. The molecule has 0 aliphatic carbocycles. The van der Waals surface area contributed by atoms with Gasteiger partial charge in [0.15, 0.2) is 11.5 Å². The van der Waals surface area contributed by atoms with Gasteiger partial charge in [-0.1, -0.05) is 0 Å². The zero-order chi connectivity index (χ0) is 10.0. The maximum Gasteiger partial charge on any atom is 0.165 e. The van der Waals surface area contributed by atoms with Gasteiger partial charge >= 0.3 is 0 Å². The Balaban J connectivity index is 3.28. The second-order valence-corrected chi connectivity index (χ2v) is 3.21. The Kier molecular flexibility index (Phi) is 3.07. The highest BCUT2D eigenvalue weighted by atomic mass is 79.9. The zero-order valence-electron chi connectivity index (χ0n) is 6.38. The van der Waals surface area contributed by atoms with E-state index in [2.05, 4.69) is 15.9 Å². The highest BCUT2D eigenvalue weighted by Gasteiger charge is 2.15. The van der Waals surface area contributed by atoms with Crippen LogP contribution in [0.25, 0.3) is 0 Å². The van der Waals surface area contributed by atoms with Crippen molar-refractivity contribution < 1.29 is 19.8 Å². The largest absolute Gasteiger partial charge is 0.504 e. The standard InChI is InChI=1S/C7H7BrFNO3/c8-4-1-5(11)7(12)3(2-10-13)6(4)9/h1,10-13H,2H2. The molecule has 6 heteroatoms. The molecule has 72 valence electrons. The first-order valence-corrected chi connectivity index (χ1v) is 4.13. The molecule has 0 aromatic heterocycles. The van der Waals surface area contributed by atoms with Crippen molar-refractivity contribution in [2.45, 2.75) is 6.54 Å². The van der Waals surface area contributed by atoms with Crippen LogP contribution in [0, 0.1) is 5.82 Å². The summed E-state index contributed by atoms with van der Waals surface area (Å²) in [6.07, 6.45) is 0. The van der Waals surface area contributed by atoms with Crippen molar-refractivity contribution in [3.05, 3.63) is 21.9 Å². The third kappa shape index (κ3) is 1.90. The van der Waals surface area contributed by atoms with Crippen molar-refractivity contribution in [3.8, 4) is 11.5 Å². The molecule has 0 aliphatic heterocycles. The molecule has 0 atom stereocenters. The topological polar surface area (TPSA) is 72.7 Å². The van der Waals surface area contributed by atoms with E-state index in [1.54, 1.807) is 5.48 Å². The minimum absolute atomic E-state index is 0.0213. The van der Waals surface area contributed by atoms with Gasteiger partial charge in [0.1, 0.15) is 5.82 Å². The lowest BCUT2D eigenvalue weighted by atomic mass is 10.2. The average molecular weight is 252 g/mol. The van der Waals surface area contributed by atoms with Crippen LogP contribution in [-0.2, 0) is 6.54 Å². The molecule has 0 spiro atoms. The molecule has 0 aliphatic rings. The lowest BCUT2D eigenvalue weighted by molar-refractivity contribution is 0.158. The van der Waals surface area contributed by atoms with E-state index in [1.165, 1.54) is 0 Å². The molecule has 0 saturated heterocycles. The quantitative estimate of drug-likeness (QED) is 0.475. The summed E-state index contributed by atoms with van der Waals surface area (Å²) >= 11 is 2.85. The molecule has 0 bridgehead atoms. The zero-order valence-corrected chi connectivity index (χ0v) is 7.97. The molecule has 0 fully saturated rings. The van der Waals surface area contributed by atoms with E-state index in [0.29, 0.717) is 0 Å². The number of rotatable bonds is 2. The van der Waals surface area contributed by atoms with E-state index in [4.69, 9.17) is 10.3 Å². The number of hydroxylamine groups is 1. The van der Waals surface area contributed by atoms with Gasteiger partial charge in [0.05, 0.1) is 16.6 Å². The fourth-order valence-electron chi connectivity index (χ4n) is 0.895. The molecule has 1 aromatic carbocycles. The van der Waals surface area contributed by atoms with E-state index < -0.39 is 17.3 Å². The van der Waals surface area contributed by atoms with Crippen LogP contribution in [0.5, 0.6) is 11.5 Å². The number of nitrogens with one attached hydrogen (secondary N) is 1. The smallest absolute Gasteiger partial charge is 0.165 e. The van der Waals surface area contributed by atoms with E-state index in [0.717, 1.165) is 6.07 Å². The average Bonchev–Trinajstić information content (AvgIpc) is 2.09. The molecule has 0 heterocycles. The Bertz CT molecular complexity index is 306. The number of hydrogen-bond donors (Lipinski definition) is 4. The van der Waals surface area contributed by atoms with Crippen LogP contribution < -0.4 is 5.48 Å². The summed E-state index contributed by atoms with van der Waals surface area (Å²) in [4.78, 5) is 0. The van der Waals surface area contributed by atoms with Gasteiger partial charge in [-0.15, -0.1) is 0 Å². The lowest BCUT2D eigenvalue weighted by Crippen LogP contribution is -2.08.